The Labute approximate surface area is 136 Å². The number of ether oxygens (including phenoxy) is 1. The first-order valence-corrected chi connectivity index (χ1v) is 7.22. The van der Waals surface area contributed by atoms with E-state index in [0.717, 1.165) is 42.6 Å². The molecule has 5 nitrogen and oxygen atoms in total. The van der Waals surface area contributed by atoms with Gasteiger partial charge in [0.05, 0.1) is 13.4 Å². The summed E-state index contributed by atoms with van der Waals surface area (Å²) in [5.74, 6) is 0.524. The molecule has 6 heteroatoms. The summed E-state index contributed by atoms with van der Waals surface area (Å²) >= 11 is 0. The summed E-state index contributed by atoms with van der Waals surface area (Å²) in [5.41, 5.74) is 2.83. The number of likely N-dealkylation sites (tertiary alicyclic amines) is 1. The van der Waals surface area contributed by atoms with Crippen LogP contribution in [0, 0.1) is 0 Å². The summed E-state index contributed by atoms with van der Waals surface area (Å²) in [7, 11) is 3.51. The molecule has 1 fully saturated rings. The lowest BCUT2D eigenvalue weighted by Crippen LogP contribution is -2.29. The Morgan fingerprint density at radius 2 is 2.09 bits per heavy atom. The number of hydrogen-bond acceptors (Lipinski definition) is 4. The van der Waals surface area contributed by atoms with Gasteiger partial charge in [-0.15, -0.1) is 12.4 Å². The smallest absolute Gasteiger partial charge is 0.411 e. The van der Waals surface area contributed by atoms with Crippen molar-refractivity contribution >= 4 is 35.2 Å². The summed E-state index contributed by atoms with van der Waals surface area (Å²) in [4.78, 5) is 13.7. The van der Waals surface area contributed by atoms with E-state index in [1.165, 1.54) is 12.7 Å². The number of hydrogen-bond donors (Lipinski definition) is 1. The van der Waals surface area contributed by atoms with Gasteiger partial charge in [0.15, 0.2) is 0 Å². The maximum Gasteiger partial charge on any atom is 0.411 e. The van der Waals surface area contributed by atoms with Crippen LogP contribution in [0.3, 0.4) is 0 Å². The highest BCUT2D eigenvalue weighted by molar-refractivity contribution is 5.90. The molecule has 1 amide bonds. The molecule has 0 aliphatic carbocycles. The molecule has 1 N–H and O–H groups in total. The van der Waals surface area contributed by atoms with Crippen molar-refractivity contribution in [2.45, 2.75) is 18.8 Å². The fraction of sp³-hybridized carbons (Fsp3) is 0.438. The number of nitrogens with one attached hydrogen (secondary N) is 1. The van der Waals surface area contributed by atoms with E-state index in [4.69, 9.17) is 4.42 Å². The Balaban J connectivity index is 0.00000176. The molecular weight excluding hydrogens is 304 g/mol. The first-order chi connectivity index (χ1) is 10.2. The monoisotopic (exact) mass is 324 g/mol. The van der Waals surface area contributed by atoms with Crippen LogP contribution < -0.4 is 5.32 Å². The zero-order chi connectivity index (χ0) is 14.8. The first-order valence-electron chi connectivity index (χ1n) is 7.22. The van der Waals surface area contributed by atoms with Crippen molar-refractivity contribution < 1.29 is 13.9 Å². The van der Waals surface area contributed by atoms with Crippen LogP contribution >= 0.6 is 12.4 Å². The van der Waals surface area contributed by atoms with E-state index >= 15 is 0 Å². The molecule has 120 valence electrons. The highest BCUT2D eigenvalue weighted by atomic mass is 35.5. The van der Waals surface area contributed by atoms with Crippen molar-refractivity contribution in [1.82, 2.24) is 4.90 Å². The molecule has 1 saturated heterocycles. The number of piperidine rings is 1. The molecular formula is C16H21ClN2O3. The summed E-state index contributed by atoms with van der Waals surface area (Å²) in [6.45, 7) is 2.22. The molecule has 0 bridgehead atoms. The van der Waals surface area contributed by atoms with Crippen molar-refractivity contribution in [3.63, 3.8) is 0 Å². The molecule has 0 spiro atoms. The SMILES string of the molecule is COC(=O)Nc1ccc2occ(C3CCN(C)CC3)c2c1.Cl. The minimum absolute atomic E-state index is 0. The lowest BCUT2D eigenvalue weighted by Gasteiger charge is -2.28. The molecule has 3 rings (SSSR count). The molecule has 1 aliphatic rings. The van der Waals surface area contributed by atoms with Crippen LogP contribution in [0.4, 0.5) is 10.5 Å². The zero-order valence-electron chi connectivity index (χ0n) is 12.8. The molecule has 1 aromatic carbocycles. The second-order valence-corrected chi connectivity index (χ2v) is 5.60. The number of halogens is 1. The van der Waals surface area contributed by atoms with Gasteiger partial charge in [-0.25, -0.2) is 4.79 Å². The van der Waals surface area contributed by atoms with Crippen LogP contribution in [0.5, 0.6) is 0 Å². The largest absolute Gasteiger partial charge is 0.464 e. The molecule has 0 saturated carbocycles. The third-order valence-electron chi connectivity index (χ3n) is 4.19. The van der Waals surface area contributed by atoms with Gasteiger partial charge in [0.25, 0.3) is 0 Å². The number of fused-ring (bicyclic) bond motifs is 1. The minimum Gasteiger partial charge on any atom is -0.464 e. The molecule has 0 unspecified atom stereocenters. The van der Waals surface area contributed by atoms with Crippen LogP contribution in [0.25, 0.3) is 11.0 Å². The summed E-state index contributed by atoms with van der Waals surface area (Å²) in [6.07, 6.45) is 3.68. The van der Waals surface area contributed by atoms with Crippen molar-refractivity contribution in [3.8, 4) is 0 Å². The van der Waals surface area contributed by atoms with Gasteiger partial charge >= 0.3 is 6.09 Å². The Morgan fingerprint density at radius 1 is 1.36 bits per heavy atom. The van der Waals surface area contributed by atoms with Crippen LogP contribution in [0.2, 0.25) is 0 Å². The number of methoxy groups -OCH3 is 1. The number of amides is 1. The molecule has 0 radical (unpaired) electrons. The highest BCUT2D eigenvalue weighted by Gasteiger charge is 2.22. The Hall–Kier alpha value is -1.72. The highest BCUT2D eigenvalue weighted by Crippen LogP contribution is 2.35. The van der Waals surface area contributed by atoms with E-state index in [9.17, 15) is 4.79 Å². The predicted molar refractivity (Wildman–Crippen MR) is 89.0 cm³/mol. The lowest BCUT2D eigenvalue weighted by atomic mass is 9.89. The lowest BCUT2D eigenvalue weighted by molar-refractivity contribution is 0.187. The number of anilines is 1. The van der Waals surface area contributed by atoms with E-state index in [1.54, 1.807) is 0 Å². The standard InChI is InChI=1S/C16H20N2O3.ClH/c1-18-7-5-11(6-8-18)14-10-21-15-4-3-12(9-13(14)15)17-16(19)20-2;/h3-4,9-11H,5-8H2,1-2H3,(H,17,19);1H. The fourth-order valence-corrected chi connectivity index (χ4v) is 2.93. The minimum atomic E-state index is -0.460. The third-order valence-corrected chi connectivity index (χ3v) is 4.19. The van der Waals surface area contributed by atoms with Gasteiger partial charge in [-0.2, -0.15) is 0 Å². The van der Waals surface area contributed by atoms with Crippen molar-refractivity contribution in [2.75, 3.05) is 32.6 Å². The average Bonchev–Trinajstić information content (AvgIpc) is 2.91. The number of nitrogens with zero attached hydrogens (tertiary/aromatic N) is 1. The normalized spacial score (nSPS) is 16.3. The van der Waals surface area contributed by atoms with Gasteiger partial charge in [0.2, 0.25) is 0 Å². The number of benzene rings is 1. The van der Waals surface area contributed by atoms with Gasteiger partial charge in [0, 0.05) is 16.6 Å². The second-order valence-electron chi connectivity index (χ2n) is 5.60. The Morgan fingerprint density at radius 3 is 2.77 bits per heavy atom. The van der Waals surface area contributed by atoms with E-state index in [1.807, 2.05) is 24.5 Å². The topological polar surface area (TPSA) is 54.7 Å². The van der Waals surface area contributed by atoms with Crippen molar-refractivity contribution in [1.29, 1.82) is 0 Å². The number of furan rings is 1. The fourth-order valence-electron chi connectivity index (χ4n) is 2.93. The Bertz CT molecular complexity index is 648. The average molecular weight is 325 g/mol. The molecule has 0 atom stereocenters. The van der Waals surface area contributed by atoms with E-state index < -0.39 is 6.09 Å². The second kappa shape index (κ2) is 7.03. The number of rotatable bonds is 2. The first kappa shape index (κ1) is 16.6. The van der Waals surface area contributed by atoms with E-state index in [-0.39, 0.29) is 12.4 Å². The molecule has 22 heavy (non-hydrogen) atoms. The number of carbonyl (C=O) groups is 1. The van der Waals surface area contributed by atoms with Crippen LogP contribution in [-0.4, -0.2) is 38.2 Å². The maximum atomic E-state index is 11.3. The summed E-state index contributed by atoms with van der Waals surface area (Å²) in [6, 6.07) is 5.67. The molecule has 2 aromatic rings. The zero-order valence-corrected chi connectivity index (χ0v) is 13.6. The third kappa shape index (κ3) is 3.36. The van der Waals surface area contributed by atoms with Gasteiger partial charge in [-0.3, -0.25) is 5.32 Å². The van der Waals surface area contributed by atoms with E-state index in [0.29, 0.717) is 5.92 Å². The maximum absolute atomic E-state index is 11.3. The number of carbonyl (C=O) groups excluding carboxylic acids is 1. The molecule has 2 heterocycles. The predicted octanol–water partition coefficient (Wildman–Crippen LogP) is 3.84. The quantitative estimate of drug-likeness (QED) is 0.911. The van der Waals surface area contributed by atoms with Crippen molar-refractivity contribution in [3.05, 3.63) is 30.0 Å². The van der Waals surface area contributed by atoms with Gasteiger partial charge < -0.3 is 14.1 Å². The van der Waals surface area contributed by atoms with E-state index in [2.05, 4.69) is 22.0 Å². The van der Waals surface area contributed by atoms with Crippen LogP contribution in [-0.2, 0) is 4.74 Å². The summed E-state index contributed by atoms with van der Waals surface area (Å²) < 4.78 is 10.3. The summed E-state index contributed by atoms with van der Waals surface area (Å²) in [5, 5.41) is 3.78. The molecule has 1 aromatic heterocycles. The molecule has 1 aliphatic heterocycles. The van der Waals surface area contributed by atoms with Gasteiger partial charge in [-0.1, -0.05) is 0 Å². The van der Waals surface area contributed by atoms with Gasteiger partial charge in [0.1, 0.15) is 5.58 Å². The van der Waals surface area contributed by atoms with Crippen LogP contribution in [0.15, 0.2) is 28.9 Å². The van der Waals surface area contributed by atoms with Crippen molar-refractivity contribution in [2.24, 2.45) is 0 Å². The Kier molecular flexibility index (Phi) is 5.32. The van der Waals surface area contributed by atoms with Gasteiger partial charge in [-0.05, 0) is 57.1 Å². The van der Waals surface area contributed by atoms with Crippen LogP contribution in [0.1, 0.15) is 24.3 Å².